The summed E-state index contributed by atoms with van der Waals surface area (Å²) in [6.07, 6.45) is 8.69. The lowest BCUT2D eigenvalue weighted by molar-refractivity contribution is 0.797. The fourth-order valence-corrected chi connectivity index (χ4v) is 9.01. The second-order valence-corrected chi connectivity index (χ2v) is 14.7. The summed E-state index contributed by atoms with van der Waals surface area (Å²) in [5.74, 6) is 0. The van der Waals surface area contributed by atoms with Crippen LogP contribution in [0.2, 0.25) is 0 Å². The summed E-state index contributed by atoms with van der Waals surface area (Å²) in [7, 11) is 0. The molecule has 0 radical (unpaired) electrons. The van der Waals surface area contributed by atoms with Crippen molar-refractivity contribution in [1.82, 2.24) is 19.9 Å². The molecule has 6 rings (SSSR count). The van der Waals surface area contributed by atoms with E-state index in [1.54, 1.807) is 22.7 Å². The first-order valence-corrected chi connectivity index (χ1v) is 17.5. The van der Waals surface area contributed by atoms with Crippen LogP contribution < -0.4 is 0 Å². The number of rotatable bonds is 8. The molecule has 218 valence electrons. The third-order valence-corrected chi connectivity index (χ3v) is 11.5. The van der Waals surface area contributed by atoms with Crippen LogP contribution in [0.25, 0.3) is 54.4 Å². The molecule has 0 spiro atoms. The van der Waals surface area contributed by atoms with Crippen molar-refractivity contribution in [2.45, 2.75) is 92.9 Å². The summed E-state index contributed by atoms with van der Waals surface area (Å²) in [6.45, 7) is 13.5. The number of nitrogens with zero attached hydrogens (tertiary/aromatic N) is 2. The Labute approximate surface area is 262 Å². The van der Waals surface area contributed by atoms with E-state index in [0.29, 0.717) is 0 Å². The number of aromatic nitrogens is 4. The molecule has 0 saturated heterocycles. The zero-order valence-corrected chi connectivity index (χ0v) is 28.0. The van der Waals surface area contributed by atoms with E-state index in [9.17, 15) is 0 Å². The van der Waals surface area contributed by atoms with Gasteiger partial charge in [0.2, 0.25) is 0 Å². The molecular weight excluding hydrogens is 573 g/mol. The molecule has 0 aliphatic carbocycles. The number of unbranched alkanes of at least 4 members (excludes halogenated alkanes) is 2. The second-order valence-electron chi connectivity index (χ2n) is 11.4. The minimum atomic E-state index is 0.938. The Morgan fingerprint density at radius 1 is 0.643 bits per heavy atom. The average molecular weight is 613 g/mol. The molecule has 2 aliphatic rings. The minimum Gasteiger partial charge on any atom is -0.355 e. The fourth-order valence-electron chi connectivity index (χ4n) is 6.45. The lowest BCUT2D eigenvalue weighted by Gasteiger charge is -2.03. The van der Waals surface area contributed by atoms with Gasteiger partial charge in [0.05, 0.1) is 32.5 Å². The lowest BCUT2D eigenvalue weighted by atomic mass is 10.00. The Kier molecular flexibility index (Phi) is 8.36. The minimum absolute atomic E-state index is 0.938. The molecule has 0 atom stereocenters. The van der Waals surface area contributed by atoms with E-state index in [1.165, 1.54) is 66.1 Å². The first-order chi connectivity index (χ1) is 20.4. The van der Waals surface area contributed by atoms with Crippen LogP contribution in [0.4, 0.5) is 0 Å². The van der Waals surface area contributed by atoms with Crippen LogP contribution in [0, 0.1) is 10.1 Å². The average Bonchev–Trinajstić information content (AvgIpc) is 3.73. The quantitative estimate of drug-likeness (QED) is 0.171. The monoisotopic (exact) mass is 612 g/mol. The van der Waals surface area contributed by atoms with Crippen molar-refractivity contribution >= 4 is 68.1 Å². The molecule has 7 heteroatoms. The van der Waals surface area contributed by atoms with Gasteiger partial charge in [-0.05, 0) is 110 Å². The Hall–Kier alpha value is -2.87. The van der Waals surface area contributed by atoms with Crippen LogP contribution in [0.3, 0.4) is 0 Å². The predicted molar refractivity (Wildman–Crippen MR) is 186 cm³/mol. The molecule has 2 aliphatic heterocycles. The van der Waals surface area contributed by atoms with Gasteiger partial charge in [0.1, 0.15) is 3.14 Å². The van der Waals surface area contributed by atoms with Gasteiger partial charge < -0.3 is 9.97 Å². The van der Waals surface area contributed by atoms with Gasteiger partial charge in [0.25, 0.3) is 0 Å². The predicted octanol–water partition coefficient (Wildman–Crippen LogP) is 11.4. The summed E-state index contributed by atoms with van der Waals surface area (Å²) in [5, 5.41) is 0. The lowest BCUT2D eigenvalue weighted by Crippen LogP contribution is -1.87. The molecule has 2 N–H and O–H groups in total. The molecule has 0 aromatic carbocycles. The fraction of sp³-hybridized carbons (Fsp3) is 0.400. The Bertz CT molecular complexity index is 1930. The van der Waals surface area contributed by atoms with E-state index < -0.39 is 0 Å². The normalized spacial score (nSPS) is 12.8. The molecule has 8 bridgehead atoms. The van der Waals surface area contributed by atoms with Crippen molar-refractivity contribution in [3.8, 4) is 21.1 Å². The molecule has 4 aromatic heterocycles. The molecule has 42 heavy (non-hydrogen) atoms. The van der Waals surface area contributed by atoms with E-state index in [4.69, 9.17) is 22.2 Å². The number of hydrogen-bond acceptors (Lipinski definition) is 5. The van der Waals surface area contributed by atoms with Crippen molar-refractivity contribution in [1.29, 1.82) is 0 Å². The van der Waals surface area contributed by atoms with Crippen LogP contribution in [0.1, 0.15) is 100 Å². The maximum absolute atomic E-state index is 5.68. The molecule has 6 heterocycles. The Morgan fingerprint density at radius 3 is 1.86 bits per heavy atom. The topological polar surface area (TPSA) is 57.4 Å². The summed E-state index contributed by atoms with van der Waals surface area (Å²) in [5.41, 5.74) is 16.9. The van der Waals surface area contributed by atoms with Gasteiger partial charge in [-0.3, -0.25) is 0 Å². The van der Waals surface area contributed by atoms with Crippen LogP contribution in [-0.2, 0) is 19.3 Å². The highest BCUT2D eigenvalue weighted by atomic mass is 32.2. The number of hydrogen-bond donors (Lipinski definition) is 2. The van der Waals surface area contributed by atoms with Crippen molar-refractivity contribution < 1.29 is 0 Å². The van der Waals surface area contributed by atoms with Crippen molar-refractivity contribution in [3.63, 3.8) is 0 Å². The maximum Gasteiger partial charge on any atom is 0.145 e. The molecule has 0 fully saturated rings. The SMILES string of the molecule is CCCCC1=C(C)c2cc3nc(cc4[nH]c(cc5[nH]c(cc1n2)c(CC)c5CC)c(CCCC)c4C)-c1sc(=S)sc1-3. The second kappa shape index (κ2) is 12.0. The first-order valence-electron chi connectivity index (χ1n) is 15.5. The third kappa shape index (κ3) is 5.14. The van der Waals surface area contributed by atoms with Gasteiger partial charge in [-0.25, -0.2) is 9.97 Å². The summed E-state index contributed by atoms with van der Waals surface area (Å²) in [6, 6.07) is 9.09. The number of aryl methyl sites for hydroxylation is 4. The number of H-pyrrole nitrogens is 2. The molecule has 0 amide bonds. The van der Waals surface area contributed by atoms with Crippen molar-refractivity contribution in [2.24, 2.45) is 0 Å². The molecule has 0 saturated carbocycles. The van der Waals surface area contributed by atoms with Gasteiger partial charge in [0, 0.05) is 22.1 Å². The Morgan fingerprint density at radius 2 is 1.19 bits per heavy atom. The van der Waals surface area contributed by atoms with Crippen LogP contribution >= 0.6 is 34.9 Å². The summed E-state index contributed by atoms with van der Waals surface area (Å²) < 4.78 is 0.938. The highest BCUT2D eigenvalue weighted by molar-refractivity contribution is 7.76. The zero-order chi connectivity index (χ0) is 29.5. The van der Waals surface area contributed by atoms with Gasteiger partial charge in [0.15, 0.2) is 0 Å². The molecule has 4 aromatic rings. The van der Waals surface area contributed by atoms with Crippen LogP contribution in [0.5, 0.6) is 0 Å². The number of allylic oxidation sites excluding steroid dienone is 2. The molecule has 4 nitrogen and oxygen atoms in total. The third-order valence-electron chi connectivity index (χ3n) is 8.80. The van der Waals surface area contributed by atoms with Crippen LogP contribution in [0.15, 0.2) is 24.3 Å². The molecule has 0 unspecified atom stereocenters. The van der Waals surface area contributed by atoms with E-state index in [2.05, 4.69) is 75.8 Å². The zero-order valence-electron chi connectivity index (χ0n) is 25.6. The number of aromatic amines is 2. The van der Waals surface area contributed by atoms with Gasteiger partial charge in [-0.1, -0.05) is 52.8 Å². The standard InChI is InChI=1S/C35H40N4S3/c1-7-11-13-23-19(5)25-15-31-33-34(42-35(40)41-33)32(39-31)16-26-20(6)24(14-12-8-2)30(37-26)18-28-22(10-4)21(9-3)27(38-28)17-29(23)36-25/h15-18,36,38H,7-14H2,1-6H3. The number of nitrogens with one attached hydrogen (secondary N) is 2. The van der Waals surface area contributed by atoms with Gasteiger partial charge >= 0.3 is 0 Å². The smallest absolute Gasteiger partial charge is 0.145 e. The van der Waals surface area contributed by atoms with E-state index >= 15 is 0 Å². The van der Waals surface area contributed by atoms with Crippen LogP contribution in [-0.4, -0.2) is 19.9 Å². The largest absolute Gasteiger partial charge is 0.355 e. The first kappa shape index (κ1) is 29.2. The van der Waals surface area contributed by atoms with E-state index in [0.717, 1.165) is 76.4 Å². The summed E-state index contributed by atoms with van der Waals surface area (Å²) in [4.78, 5) is 20.5. The van der Waals surface area contributed by atoms with Crippen molar-refractivity contribution in [3.05, 3.63) is 61.0 Å². The van der Waals surface area contributed by atoms with Gasteiger partial charge in [-0.2, -0.15) is 0 Å². The maximum atomic E-state index is 5.68. The van der Waals surface area contributed by atoms with E-state index in [-0.39, 0.29) is 0 Å². The molecular formula is C35H40N4S3. The summed E-state index contributed by atoms with van der Waals surface area (Å²) >= 11 is 9.02. The highest BCUT2D eigenvalue weighted by Gasteiger charge is 2.23. The number of fused-ring (bicyclic) bond motifs is 11. The van der Waals surface area contributed by atoms with Gasteiger partial charge in [-0.15, -0.1) is 22.7 Å². The Balaban J connectivity index is 1.77. The van der Waals surface area contributed by atoms with E-state index in [1.807, 2.05) is 0 Å². The highest BCUT2D eigenvalue weighted by Crippen LogP contribution is 2.45. The van der Waals surface area contributed by atoms with Crippen molar-refractivity contribution in [2.75, 3.05) is 0 Å².